The largest absolute Gasteiger partial charge is 0.504 e. The van der Waals surface area contributed by atoms with E-state index >= 15 is 0 Å². The molecule has 0 aromatic heterocycles. The van der Waals surface area contributed by atoms with E-state index in [1.807, 2.05) is 0 Å². The molecular formula is C40H44N2O10P+. The Morgan fingerprint density at radius 2 is 1.08 bits per heavy atom. The predicted octanol–water partition coefficient (Wildman–Crippen LogP) is 5.44. The molecule has 0 fully saturated rings. The van der Waals surface area contributed by atoms with Crippen LogP contribution in [0.4, 0.5) is 5.69 Å². The Hall–Kier alpha value is -5.97. The van der Waals surface area contributed by atoms with Gasteiger partial charge in [0.25, 0.3) is 0 Å². The number of phenolic OH excluding ortho intramolecular Hbond substituents is 1. The Balaban J connectivity index is 1.97. The van der Waals surface area contributed by atoms with Crippen molar-refractivity contribution in [2.24, 2.45) is 0 Å². The molecular weight excluding hydrogens is 699 g/mol. The summed E-state index contributed by atoms with van der Waals surface area (Å²) in [5.74, 6) is 8.20. The number of aromatic hydroxyl groups is 1. The lowest BCUT2D eigenvalue weighted by Gasteiger charge is -2.33. The number of amides is 1. The van der Waals surface area contributed by atoms with Crippen LogP contribution in [-0.2, 0) is 4.79 Å². The molecule has 278 valence electrons. The number of carbonyl (C=O) groups excluding carboxylic acids is 1. The molecule has 53 heavy (non-hydrogen) atoms. The van der Waals surface area contributed by atoms with Crippen molar-refractivity contribution in [3.63, 3.8) is 0 Å². The Morgan fingerprint density at radius 3 is 1.49 bits per heavy atom. The van der Waals surface area contributed by atoms with Crippen LogP contribution in [0.15, 0.2) is 60.7 Å². The maximum absolute atomic E-state index is 13.2. The summed E-state index contributed by atoms with van der Waals surface area (Å²) >= 11 is 0. The highest BCUT2D eigenvalue weighted by Crippen LogP contribution is 2.66. The lowest BCUT2D eigenvalue weighted by molar-refractivity contribution is -0.116. The summed E-state index contributed by atoms with van der Waals surface area (Å²) in [6, 6.07) is 19.0. The van der Waals surface area contributed by atoms with E-state index in [0.29, 0.717) is 92.2 Å². The Bertz CT molecular complexity index is 1900. The second-order valence-corrected chi connectivity index (χ2v) is 14.8. The van der Waals surface area contributed by atoms with Crippen molar-refractivity contribution >= 4 is 34.8 Å². The van der Waals surface area contributed by atoms with Crippen LogP contribution in [0.5, 0.6) is 51.7 Å². The highest BCUT2D eigenvalue weighted by Gasteiger charge is 2.57. The molecule has 4 aromatic rings. The molecule has 12 nitrogen and oxygen atoms in total. The van der Waals surface area contributed by atoms with E-state index in [4.69, 9.17) is 43.2 Å². The van der Waals surface area contributed by atoms with Crippen LogP contribution in [0.2, 0.25) is 0 Å². The van der Waals surface area contributed by atoms with Crippen molar-refractivity contribution in [1.82, 2.24) is 0 Å². The molecule has 0 unspecified atom stereocenters. The minimum atomic E-state index is -3.30. The van der Waals surface area contributed by atoms with E-state index in [1.54, 1.807) is 103 Å². The van der Waals surface area contributed by atoms with Crippen molar-refractivity contribution in [3.8, 4) is 69.7 Å². The number of carbonyl (C=O) groups is 1. The van der Waals surface area contributed by atoms with Gasteiger partial charge >= 0.3 is 0 Å². The summed E-state index contributed by atoms with van der Waals surface area (Å²) in [6.45, 7) is 0. The molecule has 4 aromatic carbocycles. The van der Waals surface area contributed by atoms with Gasteiger partial charge in [-0.25, -0.2) is 0 Å². The molecule has 0 heterocycles. The second kappa shape index (κ2) is 18.5. The molecule has 0 saturated carbocycles. The van der Waals surface area contributed by atoms with Gasteiger partial charge in [0.1, 0.15) is 24.5 Å². The zero-order valence-electron chi connectivity index (χ0n) is 31.1. The van der Waals surface area contributed by atoms with Crippen LogP contribution in [0, 0.1) is 23.2 Å². The van der Waals surface area contributed by atoms with Crippen molar-refractivity contribution in [3.05, 3.63) is 66.2 Å². The van der Waals surface area contributed by atoms with E-state index in [2.05, 4.69) is 17.2 Å². The van der Waals surface area contributed by atoms with Gasteiger partial charge in [-0.3, -0.25) is 4.79 Å². The van der Waals surface area contributed by atoms with Gasteiger partial charge in [-0.2, -0.15) is 5.26 Å². The topological polar surface area (TPSA) is 147 Å². The van der Waals surface area contributed by atoms with Gasteiger partial charge < -0.3 is 48.3 Å². The number of nitrogens with one attached hydrogen (secondary N) is 1. The van der Waals surface area contributed by atoms with Gasteiger partial charge in [0.05, 0.1) is 63.0 Å². The molecule has 2 N–H and O–H groups in total. The molecule has 1 amide bonds. The molecule has 0 spiro atoms. The molecule has 0 aliphatic heterocycles. The van der Waals surface area contributed by atoms with Gasteiger partial charge in [0, 0.05) is 60.0 Å². The average Bonchev–Trinajstić information content (AvgIpc) is 3.19. The minimum absolute atomic E-state index is 0.102. The van der Waals surface area contributed by atoms with Crippen molar-refractivity contribution in [2.45, 2.75) is 19.3 Å². The van der Waals surface area contributed by atoms with Crippen LogP contribution in [0.1, 0.15) is 24.8 Å². The van der Waals surface area contributed by atoms with E-state index in [9.17, 15) is 9.90 Å². The lowest BCUT2D eigenvalue weighted by atomic mass is 10.2. The minimum Gasteiger partial charge on any atom is -0.504 e. The maximum Gasteiger partial charge on any atom is 0.224 e. The number of anilines is 1. The first-order valence-electron chi connectivity index (χ1n) is 16.4. The fourth-order valence-corrected chi connectivity index (χ4v) is 11.4. The second-order valence-electron chi connectivity index (χ2n) is 11.4. The summed E-state index contributed by atoms with van der Waals surface area (Å²) in [5.41, 5.74) is 1.27. The zero-order chi connectivity index (χ0) is 38.5. The maximum atomic E-state index is 13.2. The highest BCUT2D eigenvalue weighted by molar-refractivity contribution is 7.96. The molecule has 0 aliphatic carbocycles. The smallest absolute Gasteiger partial charge is 0.224 e. The number of nitrogens with zero attached hydrogens (tertiary/aromatic N) is 1. The summed E-state index contributed by atoms with van der Waals surface area (Å²) in [4.78, 5) is 13.2. The van der Waals surface area contributed by atoms with E-state index < -0.39 is 7.26 Å². The molecule has 0 bridgehead atoms. The number of phenols is 1. The number of unbranched alkanes of at least 4 members (excludes halogenated alkanes) is 1. The van der Waals surface area contributed by atoms with Crippen LogP contribution in [0.25, 0.3) is 0 Å². The Kier molecular flexibility index (Phi) is 13.9. The summed E-state index contributed by atoms with van der Waals surface area (Å²) in [7, 11) is 9.01. The highest BCUT2D eigenvalue weighted by atomic mass is 31.2. The molecule has 0 radical (unpaired) electrons. The number of benzene rings is 4. The van der Waals surface area contributed by atoms with Crippen LogP contribution in [-0.4, -0.2) is 74.1 Å². The Morgan fingerprint density at radius 1 is 0.642 bits per heavy atom. The fraction of sp³-hybridized carbons (Fsp3) is 0.300. The van der Waals surface area contributed by atoms with E-state index in [1.165, 1.54) is 20.3 Å². The Labute approximate surface area is 310 Å². The van der Waals surface area contributed by atoms with Crippen molar-refractivity contribution < 1.29 is 47.8 Å². The quantitative estimate of drug-likeness (QED) is 0.0810. The molecule has 4 rings (SSSR count). The van der Waals surface area contributed by atoms with Gasteiger partial charge in [0.2, 0.25) is 5.91 Å². The van der Waals surface area contributed by atoms with Gasteiger partial charge in [-0.05, 0) is 37.1 Å². The third-order valence-corrected chi connectivity index (χ3v) is 13.2. The summed E-state index contributed by atoms with van der Waals surface area (Å²) in [5, 5.41) is 25.4. The number of hydrogen-bond donors (Lipinski definition) is 2. The van der Waals surface area contributed by atoms with Crippen LogP contribution < -0.4 is 59.1 Å². The number of methoxy groups -OCH3 is 8. The van der Waals surface area contributed by atoms with E-state index in [0.717, 1.165) is 0 Å². The van der Waals surface area contributed by atoms with Crippen molar-refractivity contribution in [1.29, 1.82) is 5.26 Å². The predicted molar refractivity (Wildman–Crippen MR) is 206 cm³/mol. The van der Waals surface area contributed by atoms with Crippen LogP contribution in [0.3, 0.4) is 0 Å². The molecule has 0 saturated heterocycles. The van der Waals surface area contributed by atoms with Crippen LogP contribution >= 0.6 is 7.26 Å². The fourth-order valence-electron chi connectivity index (χ4n) is 6.22. The molecule has 0 aliphatic rings. The molecule has 13 heteroatoms. The third kappa shape index (κ3) is 8.57. The van der Waals surface area contributed by atoms with Gasteiger partial charge in [-0.1, -0.05) is 5.92 Å². The average molecular weight is 744 g/mol. The first-order valence-corrected chi connectivity index (χ1v) is 18.4. The van der Waals surface area contributed by atoms with Gasteiger partial charge in [0.15, 0.2) is 56.5 Å². The standard InChI is InChI=1S/C40H43N2O10P/c1-45-28-20-31(43)38(32(21-28)48-4)53(39-33(49-5)22-29(46-2)23-34(39)50-6,40-35(51-7)24-30(47-3)25-36(40)52-8)19-10-9-13-37(44)42-27-16-14-26(15-17-27)12-11-18-41/h14-17,20-25H,9-10,13,19H2,1-8H3,(H-,42,43,44)/p+1. The summed E-state index contributed by atoms with van der Waals surface area (Å²) < 4.78 is 47.2. The first-order chi connectivity index (χ1) is 25.7. The molecule has 0 atom stereocenters. The monoisotopic (exact) mass is 743 g/mol. The number of rotatable bonds is 17. The number of ether oxygens (including phenoxy) is 8. The third-order valence-electron chi connectivity index (χ3n) is 8.59. The summed E-state index contributed by atoms with van der Waals surface area (Å²) in [6.07, 6.45) is 1.49. The number of nitriles is 1. The normalized spacial score (nSPS) is 10.5. The van der Waals surface area contributed by atoms with Gasteiger partial charge in [-0.15, -0.1) is 0 Å². The number of hydrogen-bond acceptors (Lipinski definition) is 11. The first kappa shape index (κ1) is 39.8. The lowest BCUT2D eigenvalue weighted by Crippen LogP contribution is -2.37. The van der Waals surface area contributed by atoms with Crippen molar-refractivity contribution in [2.75, 3.05) is 68.4 Å². The van der Waals surface area contributed by atoms with E-state index in [-0.39, 0.29) is 18.1 Å². The zero-order valence-corrected chi connectivity index (χ0v) is 32.0. The SMILES string of the molecule is COc1cc(O)c([P+](CCCCC(=O)Nc2ccc(C#CC#N)cc2)(c2c(OC)cc(OC)cc2OC)c2c(OC)cc(OC)cc2OC)c(OC)c1.